The van der Waals surface area contributed by atoms with Crippen molar-refractivity contribution in [3.8, 4) is 0 Å². The van der Waals surface area contributed by atoms with Crippen molar-refractivity contribution in [3.05, 3.63) is 33.6 Å². The lowest BCUT2D eigenvalue weighted by Gasteiger charge is -2.27. The summed E-state index contributed by atoms with van der Waals surface area (Å²) in [7, 11) is 0. The van der Waals surface area contributed by atoms with Crippen LogP contribution in [0.5, 0.6) is 0 Å². The number of benzene rings is 1. The van der Waals surface area contributed by atoms with Gasteiger partial charge in [0.1, 0.15) is 17.1 Å². The second kappa shape index (κ2) is 6.07. The SMILES string of the molecule is CC1CCC(Nc2cc(F)c(C(=O)O)cc2[N+](=O)[O-])CC1. The third kappa shape index (κ3) is 3.48. The minimum Gasteiger partial charge on any atom is -0.478 e. The molecule has 7 heteroatoms. The Kier molecular flexibility index (Phi) is 4.40. The number of rotatable bonds is 4. The molecule has 6 nitrogen and oxygen atoms in total. The summed E-state index contributed by atoms with van der Waals surface area (Å²) >= 11 is 0. The number of nitro groups is 1. The van der Waals surface area contributed by atoms with Gasteiger partial charge in [-0.25, -0.2) is 9.18 Å². The maximum Gasteiger partial charge on any atom is 0.338 e. The molecule has 0 radical (unpaired) electrons. The topological polar surface area (TPSA) is 92.5 Å². The Balaban J connectivity index is 2.27. The predicted octanol–water partition coefficient (Wildman–Crippen LogP) is 3.42. The number of nitrogens with one attached hydrogen (secondary N) is 1. The van der Waals surface area contributed by atoms with Gasteiger partial charge in [-0.2, -0.15) is 0 Å². The van der Waals surface area contributed by atoms with Crippen LogP contribution in [0.25, 0.3) is 0 Å². The van der Waals surface area contributed by atoms with Crippen molar-refractivity contribution in [2.75, 3.05) is 5.32 Å². The largest absolute Gasteiger partial charge is 0.478 e. The minimum absolute atomic E-state index is 0.0436. The van der Waals surface area contributed by atoms with E-state index in [1.807, 2.05) is 0 Å². The van der Waals surface area contributed by atoms with E-state index in [1.165, 1.54) is 0 Å². The van der Waals surface area contributed by atoms with Crippen LogP contribution in [0.3, 0.4) is 0 Å². The van der Waals surface area contributed by atoms with Crippen LogP contribution in [0, 0.1) is 21.8 Å². The number of hydrogen-bond acceptors (Lipinski definition) is 4. The van der Waals surface area contributed by atoms with Gasteiger partial charge < -0.3 is 10.4 Å². The van der Waals surface area contributed by atoms with Crippen LogP contribution in [0.4, 0.5) is 15.8 Å². The van der Waals surface area contributed by atoms with E-state index >= 15 is 0 Å². The quantitative estimate of drug-likeness (QED) is 0.656. The van der Waals surface area contributed by atoms with E-state index in [9.17, 15) is 19.3 Å². The molecule has 0 atom stereocenters. The average Bonchev–Trinajstić information content (AvgIpc) is 2.40. The number of nitrogens with zero attached hydrogens (tertiary/aromatic N) is 1. The number of carboxylic acid groups (broad SMARTS) is 1. The summed E-state index contributed by atoms with van der Waals surface area (Å²) in [5.74, 6) is -1.86. The van der Waals surface area contributed by atoms with E-state index < -0.39 is 28.0 Å². The monoisotopic (exact) mass is 296 g/mol. The van der Waals surface area contributed by atoms with Crippen molar-refractivity contribution in [2.45, 2.75) is 38.6 Å². The molecule has 1 saturated carbocycles. The molecule has 0 spiro atoms. The summed E-state index contributed by atoms with van der Waals surface area (Å²) in [5, 5.41) is 22.9. The minimum atomic E-state index is -1.52. The van der Waals surface area contributed by atoms with Crippen LogP contribution in [-0.2, 0) is 0 Å². The van der Waals surface area contributed by atoms with E-state index in [0.29, 0.717) is 5.92 Å². The molecule has 2 rings (SSSR count). The molecular formula is C14H17FN2O4. The molecule has 1 aromatic rings. The third-order valence-electron chi connectivity index (χ3n) is 3.89. The van der Waals surface area contributed by atoms with Gasteiger partial charge in [-0.05, 0) is 31.6 Å². The second-order valence-corrected chi connectivity index (χ2v) is 5.51. The molecule has 114 valence electrons. The summed E-state index contributed by atoms with van der Waals surface area (Å²) in [6.45, 7) is 2.15. The maximum atomic E-state index is 13.7. The summed E-state index contributed by atoms with van der Waals surface area (Å²) in [6.07, 6.45) is 3.75. The second-order valence-electron chi connectivity index (χ2n) is 5.51. The van der Waals surface area contributed by atoms with E-state index in [1.54, 1.807) is 0 Å². The van der Waals surface area contributed by atoms with Crippen LogP contribution in [0.15, 0.2) is 12.1 Å². The highest BCUT2D eigenvalue weighted by Gasteiger charge is 2.25. The van der Waals surface area contributed by atoms with Crippen molar-refractivity contribution < 1.29 is 19.2 Å². The first kappa shape index (κ1) is 15.2. The van der Waals surface area contributed by atoms with E-state index in [-0.39, 0.29) is 11.7 Å². The summed E-state index contributed by atoms with van der Waals surface area (Å²) in [6, 6.07) is 1.72. The molecule has 2 N–H and O–H groups in total. The molecule has 0 unspecified atom stereocenters. The highest BCUT2D eigenvalue weighted by atomic mass is 19.1. The number of halogens is 1. The number of nitro benzene ring substituents is 1. The first-order valence-electron chi connectivity index (χ1n) is 6.86. The lowest BCUT2D eigenvalue weighted by Crippen LogP contribution is -2.25. The Morgan fingerprint density at radius 1 is 1.38 bits per heavy atom. The number of hydrogen-bond donors (Lipinski definition) is 2. The van der Waals surface area contributed by atoms with Crippen molar-refractivity contribution >= 4 is 17.3 Å². The van der Waals surface area contributed by atoms with Gasteiger partial charge >= 0.3 is 5.97 Å². The van der Waals surface area contributed by atoms with Crippen molar-refractivity contribution in [3.63, 3.8) is 0 Å². The number of carbonyl (C=O) groups is 1. The predicted molar refractivity (Wildman–Crippen MR) is 75.1 cm³/mol. The Bertz CT molecular complexity index is 568. The molecule has 1 aliphatic rings. The summed E-state index contributed by atoms with van der Waals surface area (Å²) in [5.41, 5.74) is -1.06. The molecular weight excluding hydrogens is 279 g/mol. The number of aromatic carboxylic acids is 1. The first-order chi connectivity index (χ1) is 9.88. The Hall–Kier alpha value is -2.18. The molecule has 21 heavy (non-hydrogen) atoms. The van der Waals surface area contributed by atoms with Crippen molar-refractivity contribution in [2.24, 2.45) is 5.92 Å². The number of anilines is 1. The molecule has 1 aromatic carbocycles. The third-order valence-corrected chi connectivity index (χ3v) is 3.89. The van der Waals surface area contributed by atoms with Gasteiger partial charge in [-0.1, -0.05) is 6.92 Å². The lowest BCUT2D eigenvalue weighted by molar-refractivity contribution is -0.384. The normalized spacial score (nSPS) is 21.8. The molecule has 0 aromatic heterocycles. The van der Waals surface area contributed by atoms with Gasteiger partial charge in [0.25, 0.3) is 5.69 Å². The fraction of sp³-hybridized carbons (Fsp3) is 0.500. The highest BCUT2D eigenvalue weighted by molar-refractivity contribution is 5.90. The fourth-order valence-corrected chi connectivity index (χ4v) is 2.62. The fourth-order valence-electron chi connectivity index (χ4n) is 2.62. The van der Waals surface area contributed by atoms with Crippen LogP contribution in [0.2, 0.25) is 0 Å². The van der Waals surface area contributed by atoms with Gasteiger partial charge in [0.15, 0.2) is 0 Å². The molecule has 0 aliphatic heterocycles. The Morgan fingerprint density at radius 2 is 2.00 bits per heavy atom. The van der Waals surface area contributed by atoms with Gasteiger partial charge in [0.2, 0.25) is 0 Å². The average molecular weight is 296 g/mol. The van der Waals surface area contributed by atoms with Crippen LogP contribution in [-0.4, -0.2) is 22.0 Å². The molecule has 0 heterocycles. The lowest BCUT2D eigenvalue weighted by atomic mass is 9.87. The highest BCUT2D eigenvalue weighted by Crippen LogP contribution is 2.32. The van der Waals surface area contributed by atoms with Gasteiger partial charge in [0.05, 0.1) is 4.92 Å². The van der Waals surface area contributed by atoms with Crippen LogP contribution >= 0.6 is 0 Å². The molecule has 1 aliphatic carbocycles. The molecule has 0 bridgehead atoms. The van der Waals surface area contributed by atoms with Crippen LogP contribution in [0.1, 0.15) is 43.0 Å². The molecule has 0 saturated heterocycles. The van der Waals surface area contributed by atoms with Crippen molar-refractivity contribution in [1.82, 2.24) is 0 Å². The van der Waals surface area contributed by atoms with E-state index in [0.717, 1.165) is 37.8 Å². The molecule has 1 fully saturated rings. The van der Waals surface area contributed by atoms with E-state index in [4.69, 9.17) is 5.11 Å². The summed E-state index contributed by atoms with van der Waals surface area (Å²) < 4.78 is 13.7. The Labute approximate surface area is 121 Å². The van der Waals surface area contributed by atoms with Crippen LogP contribution < -0.4 is 5.32 Å². The smallest absolute Gasteiger partial charge is 0.338 e. The van der Waals surface area contributed by atoms with Crippen molar-refractivity contribution in [1.29, 1.82) is 0 Å². The van der Waals surface area contributed by atoms with Gasteiger partial charge in [-0.3, -0.25) is 10.1 Å². The van der Waals surface area contributed by atoms with E-state index in [2.05, 4.69) is 12.2 Å². The first-order valence-corrected chi connectivity index (χ1v) is 6.86. The van der Waals surface area contributed by atoms with Gasteiger partial charge in [0, 0.05) is 18.2 Å². The zero-order chi connectivity index (χ0) is 15.6. The standard InChI is InChI=1S/C14H17FN2O4/c1-8-2-4-9(5-3-8)16-12-7-11(15)10(14(18)19)6-13(12)17(20)21/h6-9,16H,2-5H2,1H3,(H,18,19). The Morgan fingerprint density at radius 3 is 2.52 bits per heavy atom. The number of carboxylic acids is 1. The zero-order valence-corrected chi connectivity index (χ0v) is 11.6. The molecule has 0 amide bonds. The van der Waals surface area contributed by atoms with Gasteiger partial charge in [-0.15, -0.1) is 0 Å². The summed E-state index contributed by atoms with van der Waals surface area (Å²) in [4.78, 5) is 21.2. The zero-order valence-electron chi connectivity index (χ0n) is 11.6. The maximum absolute atomic E-state index is 13.7.